The SMILES string of the molecule is CC(=O)C(NCC(=O)NC(CN(C)S(C)(=O)=O)C(C)C)C(C)(C)C. The summed E-state index contributed by atoms with van der Waals surface area (Å²) >= 11 is 0. The van der Waals surface area contributed by atoms with Crippen molar-refractivity contribution in [3.63, 3.8) is 0 Å². The molecule has 0 spiro atoms. The van der Waals surface area contributed by atoms with Gasteiger partial charge in [-0.25, -0.2) is 12.7 Å². The fourth-order valence-corrected chi connectivity index (χ4v) is 2.78. The predicted octanol–water partition coefficient (Wildman–Crippen LogP) is 0.612. The molecule has 24 heavy (non-hydrogen) atoms. The number of hydrogen-bond donors (Lipinski definition) is 2. The van der Waals surface area contributed by atoms with Crippen molar-refractivity contribution < 1.29 is 18.0 Å². The first kappa shape index (κ1) is 23.0. The van der Waals surface area contributed by atoms with Gasteiger partial charge in [-0.1, -0.05) is 34.6 Å². The first-order valence-electron chi connectivity index (χ1n) is 8.10. The van der Waals surface area contributed by atoms with E-state index in [4.69, 9.17) is 0 Å². The Balaban J connectivity index is 4.78. The zero-order valence-corrected chi connectivity index (χ0v) is 17.0. The number of hydrogen-bond acceptors (Lipinski definition) is 5. The van der Waals surface area contributed by atoms with Gasteiger partial charge in [0.15, 0.2) is 0 Å². The second-order valence-corrected chi connectivity index (χ2v) is 9.84. The van der Waals surface area contributed by atoms with E-state index in [0.29, 0.717) is 0 Å². The molecule has 2 atom stereocenters. The van der Waals surface area contributed by atoms with Crippen LogP contribution in [0.4, 0.5) is 0 Å². The minimum absolute atomic E-state index is 0.00727. The Morgan fingerprint density at radius 2 is 1.67 bits per heavy atom. The van der Waals surface area contributed by atoms with Gasteiger partial charge in [0.2, 0.25) is 15.9 Å². The Morgan fingerprint density at radius 3 is 2.00 bits per heavy atom. The van der Waals surface area contributed by atoms with Crippen LogP contribution in [0, 0.1) is 11.3 Å². The lowest BCUT2D eigenvalue weighted by atomic mass is 9.84. The standard InChI is InChI=1S/C16H33N3O4S/c1-11(2)13(10-19(7)24(8,22)23)18-14(21)9-17-15(12(3)20)16(4,5)6/h11,13,15,17H,9-10H2,1-8H3,(H,18,21). The number of rotatable bonds is 9. The smallest absolute Gasteiger partial charge is 0.234 e. The molecule has 2 unspecified atom stereocenters. The molecule has 0 aromatic heterocycles. The molecule has 0 radical (unpaired) electrons. The first-order valence-corrected chi connectivity index (χ1v) is 9.95. The Bertz CT molecular complexity index is 538. The Kier molecular flexibility index (Phi) is 8.55. The lowest BCUT2D eigenvalue weighted by Gasteiger charge is -2.30. The molecule has 0 aromatic carbocycles. The number of ketones is 1. The van der Waals surface area contributed by atoms with E-state index >= 15 is 0 Å². The van der Waals surface area contributed by atoms with Gasteiger partial charge >= 0.3 is 0 Å². The highest BCUT2D eigenvalue weighted by molar-refractivity contribution is 7.88. The summed E-state index contributed by atoms with van der Waals surface area (Å²) in [5.41, 5.74) is -0.292. The third-order valence-electron chi connectivity index (χ3n) is 3.91. The van der Waals surface area contributed by atoms with Crippen LogP contribution in [-0.2, 0) is 19.6 Å². The molecule has 0 saturated heterocycles. The van der Waals surface area contributed by atoms with Crippen LogP contribution in [0.2, 0.25) is 0 Å². The quantitative estimate of drug-likeness (QED) is 0.626. The van der Waals surface area contributed by atoms with E-state index in [1.807, 2.05) is 34.6 Å². The van der Waals surface area contributed by atoms with Gasteiger partial charge in [-0.15, -0.1) is 0 Å². The summed E-state index contributed by atoms with van der Waals surface area (Å²) in [5.74, 6) is -0.206. The van der Waals surface area contributed by atoms with E-state index < -0.39 is 16.1 Å². The Morgan fingerprint density at radius 1 is 1.17 bits per heavy atom. The maximum Gasteiger partial charge on any atom is 0.234 e. The average molecular weight is 364 g/mol. The van der Waals surface area contributed by atoms with Gasteiger partial charge < -0.3 is 5.32 Å². The van der Waals surface area contributed by atoms with E-state index in [-0.39, 0.29) is 42.2 Å². The molecule has 2 N–H and O–H groups in total. The number of carbonyl (C=O) groups is 2. The van der Waals surface area contributed by atoms with Crippen molar-refractivity contribution in [2.75, 3.05) is 26.4 Å². The lowest BCUT2D eigenvalue weighted by Crippen LogP contribution is -2.52. The van der Waals surface area contributed by atoms with Crippen molar-refractivity contribution in [2.24, 2.45) is 11.3 Å². The number of carbonyl (C=O) groups excluding carboxylic acids is 2. The van der Waals surface area contributed by atoms with Crippen LogP contribution in [0.15, 0.2) is 0 Å². The number of sulfonamides is 1. The van der Waals surface area contributed by atoms with Gasteiger partial charge in [0, 0.05) is 19.6 Å². The maximum absolute atomic E-state index is 12.2. The van der Waals surface area contributed by atoms with Crippen molar-refractivity contribution in [3.05, 3.63) is 0 Å². The highest BCUT2D eigenvalue weighted by Gasteiger charge is 2.29. The summed E-state index contributed by atoms with van der Waals surface area (Å²) in [6.07, 6.45) is 1.13. The molecule has 0 aliphatic carbocycles. The molecule has 0 rings (SSSR count). The Hall–Kier alpha value is -0.990. The summed E-state index contributed by atoms with van der Waals surface area (Å²) in [6.45, 7) is 11.3. The lowest BCUT2D eigenvalue weighted by molar-refractivity contribution is -0.123. The molecule has 0 fully saturated rings. The monoisotopic (exact) mass is 363 g/mol. The van der Waals surface area contributed by atoms with Crippen molar-refractivity contribution in [3.8, 4) is 0 Å². The number of Topliss-reactive ketones (excluding diaryl/α,β-unsaturated/α-hetero) is 1. The molecule has 0 heterocycles. The number of nitrogens with zero attached hydrogens (tertiary/aromatic N) is 1. The maximum atomic E-state index is 12.2. The van der Waals surface area contributed by atoms with Crippen LogP contribution in [0.5, 0.6) is 0 Å². The largest absolute Gasteiger partial charge is 0.351 e. The molecule has 142 valence electrons. The van der Waals surface area contributed by atoms with Crippen molar-refractivity contribution in [1.82, 2.24) is 14.9 Å². The number of likely N-dealkylation sites (N-methyl/N-ethyl adjacent to an activating group) is 1. The summed E-state index contributed by atoms with van der Waals surface area (Å²) in [5, 5.41) is 5.84. The highest BCUT2D eigenvalue weighted by atomic mass is 32.2. The highest BCUT2D eigenvalue weighted by Crippen LogP contribution is 2.19. The van der Waals surface area contributed by atoms with Gasteiger partial charge in [-0.2, -0.15) is 0 Å². The molecule has 0 saturated carbocycles. The first-order chi connectivity index (χ1) is 10.7. The van der Waals surface area contributed by atoms with E-state index in [1.54, 1.807) is 0 Å². The molecule has 0 aliphatic heterocycles. The van der Waals surface area contributed by atoms with Crippen LogP contribution < -0.4 is 10.6 Å². The van der Waals surface area contributed by atoms with Crippen LogP contribution in [0.1, 0.15) is 41.5 Å². The molecular formula is C16H33N3O4S. The molecule has 0 aliphatic rings. The summed E-state index contributed by atoms with van der Waals surface area (Å²) in [7, 11) is -1.82. The second-order valence-electron chi connectivity index (χ2n) is 7.75. The summed E-state index contributed by atoms with van der Waals surface area (Å²) < 4.78 is 24.3. The average Bonchev–Trinajstić information content (AvgIpc) is 2.34. The zero-order chi connectivity index (χ0) is 19.3. The van der Waals surface area contributed by atoms with E-state index in [0.717, 1.165) is 6.26 Å². The minimum Gasteiger partial charge on any atom is -0.351 e. The molecule has 7 nitrogen and oxygen atoms in total. The van der Waals surface area contributed by atoms with Gasteiger partial charge in [0.25, 0.3) is 0 Å². The van der Waals surface area contributed by atoms with Gasteiger partial charge in [0.1, 0.15) is 5.78 Å². The van der Waals surface area contributed by atoms with Crippen LogP contribution in [0.3, 0.4) is 0 Å². The molecule has 0 bridgehead atoms. The van der Waals surface area contributed by atoms with Gasteiger partial charge in [-0.3, -0.25) is 14.9 Å². The topological polar surface area (TPSA) is 95.6 Å². The number of amides is 1. The molecule has 0 aromatic rings. The molecule has 8 heteroatoms. The minimum atomic E-state index is -3.30. The fourth-order valence-electron chi connectivity index (χ4n) is 2.35. The van der Waals surface area contributed by atoms with Crippen molar-refractivity contribution >= 4 is 21.7 Å². The normalized spacial score (nSPS) is 15.4. The van der Waals surface area contributed by atoms with Gasteiger partial charge in [0.05, 0.1) is 18.8 Å². The van der Waals surface area contributed by atoms with Crippen LogP contribution in [-0.4, -0.2) is 62.9 Å². The van der Waals surface area contributed by atoms with Crippen molar-refractivity contribution in [2.45, 2.75) is 53.6 Å². The van der Waals surface area contributed by atoms with E-state index in [1.165, 1.54) is 18.3 Å². The third-order valence-corrected chi connectivity index (χ3v) is 5.19. The fraction of sp³-hybridized carbons (Fsp3) is 0.875. The van der Waals surface area contributed by atoms with Crippen molar-refractivity contribution in [1.29, 1.82) is 0 Å². The summed E-state index contributed by atoms with van der Waals surface area (Å²) in [4.78, 5) is 23.9. The third kappa shape index (κ3) is 8.21. The van der Waals surface area contributed by atoms with Crippen LogP contribution >= 0.6 is 0 Å². The van der Waals surface area contributed by atoms with E-state index in [2.05, 4.69) is 10.6 Å². The Labute approximate surface area is 146 Å². The zero-order valence-electron chi connectivity index (χ0n) is 16.1. The number of nitrogens with one attached hydrogen (secondary N) is 2. The van der Waals surface area contributed by atoms with Gasteiger partial charge in [-0.05, 0) is 18.3 Å². The predicted molar refractivity (Wildman–Crippen MR) is 96.2 cm³/mol. The second kappa shape index (κ2) is 8.92. The summed E-state index contributed by atoms with van der Waals surface area (Å²) in [6, 6.07) is -0.719. The van der Waals surface area contributed by atoms with Crippen LogP contribution in [0.25, 0.3) is 0 Å². The van der Waals surface area contributed by atoms with E-state index in [9.17, 15) is 18.0 Å². The molecule has 1 amide bonds. The molecular weight excluding hydrogens is 330 g/mol.